The molecule has 19 heavy (non-hydrogen) atoms. The maximum atomic E-state index is 12.8. The number of benzene rings is 1. The third-order valence-corrected chi connectivity index (χ3v) is 3.75. The van der Waals surface area contributed by atoms with Gasteiger partial charge >= 0.3 is 6.18 Å². The second-order valence-corrected chi connectivity index (χ2v) is 5.42. The first-order chi connectivity index (χ1) is 8.81. The first-order valence-corrected chi connectivity index (χ1v) is 6.42. The molecule has 0 spiro atoms. The van der Waals surface area contributed by atoms with Crippen molar-refractivity contribution in [1.29, 1.82) is 0 Å². The summed E-state index contributed by atoms with van der Waals surface area (Å²) in [6.07, 6.45) is -4.17. The molecule has 2 rings (SSSR count). The van der Waals surface area contributed by atoms with E-state index in [1.54, 1.807) is 0 Å². The molecule has 2 unspecified atom stereocenters. The van der Waals surface area contributed by atoms with Crippen LogP contribution in [0.3, 0.4) is 0 Å². The lowest BCUT2D eigenvalue weighted by atomic mass is 9.87. The van der Waals surface area contributed by atoms with Crippen LogP contribution in [-0.4, -0.2) is 36.8 Å². The van der Waals surface area contributed by atoms with Crippen molar-refractivity contribution in [3.63, 3.8) is 0 Å². The Morgan fingerprint density at radius 3 is 2.53 bits per heavy atom. The van der Waals surface area contributed by atoms with E-state index < -0.39 is 18.3 Å². The van der Waals surface area contributed by atoms with Crippen molar-refractivity contribution in [3.05, 3.63) is 35.9 Å². The Morgan fingerprint density at radius 1 is 1.32 bits per heavy atom. The molecule has 0 radical (unpaired) electrons. The van der Waals surface area contributed by atoms with E-state index in [1.807, 2.05) is 44.2 Å². The van der Waals surface area contributed by atoms with E-state index in [1.165, 1.54) is 4.90 Å². The largest absolute Gasteiger partial charge is 0.401 e. The number of hydrogen-bond acceptors (Lipinski definition) is 2. The van der Waals surface area contributed by atoms with Crippen LogP contribution >= 0.6 is 0 Å². The van der Waals surface area contributed by atoms with Gasteiger partial charge in [-0.1, -0.05) is 30.3 Å². The predicted octanol–water partition coefficient (Wildman–Crippen LogP) is 2.76. The molecule has 0 saturated carbocycles. The fraction of sp³-hybridized carbons (Fsp3) is 0.571. The Labute approximate surface area is 111 Å². The Morgan fingerprint density at radius 2 is 1.95 bits per heavy atom. The average molecular weight is 272 g/mol. The molecule has 5 heteroatoms. The molecule has 1 N–H and O–H groups in total. The van der Waals surface area contributed by atoms with Crippen LogP contribution in [0.5, 0.6) is 0 Å². The summed E-state index contributed by atoms with van der Waals surface area (Å²) in [5.74, 6) is 0. The second kappa shape index (κ2) is 5.13. The van der Waals surface area contributed by atoms with Crippen molar-refractivity contribution in [2.75, 3.05) is 19.6 Å². The minimum atomic E-state index is -4.17. The highest BCUT2D eigenvalue weighted by atomic mass is 19.4. The SMILES string of the molecule is CC1CN(CC(F)(F)F)C(C)(c2ccccc2)CN1. The van der Waals surface area contributed by atoms with Gasteiger partial charge in [-0.3, -0.25) is 4.90 Å². The van der Waals surface area contributed by atoms with Crippen LogP contribution < -0.4 is 5.32 Å². The number of piperazine rings is 1. The Bertz CT molecular complexity index is 418. The van der Waals surface area contributed by atoms with Gasteiger partial charge < -0.3 is 5.32 Å². The van der Waals surface area contributed by atoms with Crippen molar-refractivity contribution in [2.24, 2.45) is 0 Å². The Hall–Kier alpha value is -1.07. The van der Waals surface area contributed by atoms with Crippen LogP contribution in [0.1, 0.15) is 19.4 Å². The van der Waals surface area contributed by atoms with Gasteiger partial charge in [0.2, 0.25) is 0 Å². The molecule has 1 saturated heterocycles. The van der Waals surface area contributed by atoms with Crippen molar-refractivity contribution >= 4 is 0 Å². The van der Waals surface area contributed by atoms with Crippen molar-refractivity contribution in [1.82, 2.24) is 10.2 Å². The zero-order valence-electron chi connectivity index (χ0n) is 11.2. The van der Waals surface area contributed by atoms with E-state index >= 15 is 0 Å². The Kier molecular flexibility index (Phi) is 3.87. The normalized spacial score (nSPS) is 29.4. The molecule has 2 atom stereocenters. The van der Waals surface area contributed by atoms with Gasteiger partial charge in [-0.15, -0.1) is 0 Å². The van der Waals surface area contributed by atoms with Gasteiger partial charge in [-0.25, -0.2) is 0 Å². The molecular formula is C14H19F3N2. The van der Waals surface area contributed by atoms with Gasteiger partial charge in [0, 0.05) is 19.1 Å². The fourth-order valence-corrected chi connectivity index (χ4v) is 2.62. The van der Waals surface area contributed by atoms with Crippen LogP contribution in [0, 0.1) is 0 Å². The number of halogens is 3. The molecular weight excluding hydrogens is 253 g/mol. The monoisotopic (exact) mass is 272 g/mol. The molecule has 0 amide bonds. The highest BCUT2D eigenvalue weighted by molar-refractivity contribution is 5.25. The molecule has 1 heterocycles. The fourth-order valence-electron chi connectivity index (χ4n) is 2.62. The van der Waals surface area contributed by atoms with E-state index in [9.17, 15) is 13.2 Å². The minimum Gasteiger partial charge on any atom is -0.311 e. The summed E-state index contributed by atoms with van der Waals surface area (Å²) < 4.78 is 38.3. The third kappa shape index (κ3) is 3.28. The summed E-state index contributed by atoms with van der Waals surface area (Å²) in [6.45, 7) is 3.82. The Balaban J connectivity index is 2.29. The summed E-state index contributed by atoms with van der Waals surface area (Å²) in [5.41, 5.74) is 0.294. The summed E-state index contributed by atoms with van der Waals surface area (Å²) in [4.78, 5) is 1.53. The first kappa shape index (κ1) is 14.3. The molecule has 2 nitrogen and oxygen atoms in total. The standard InChI is InChI=1S/C14H19F3N2/c1-11-8-19(10-14(15,16)17)13(2,9-18-11)12-6-4-3-5-7-12/h3-7,11,18H,8-10H2,1-2H3. The lowest BCUT2D eigenvalue weighted by molar-refractivity contribution is -0.163. The zero-order valence-corrected chi connectivity index (χ0v) is 11.2. The van der Waals surface area contributed by atoms with Gasteiger partial charge in [0.1, 0.15) is 0 Å². The average Bonchev–Trinajstić information content (AvgIpc) is 2.33. The van der Waals surface area contributed by atoms with Crippen LogP contribution in [-0.2, 0) is 5.54 Å². The van der Waals surface area contributed by atoms with Gasteiger partial charge in [-0.2, -0.15) is 13.2 Å². The van der Waals surface area contributed by atoms with Crippen LogP contribution in [0.25, 0.3) is 0 Å². The second-order valence-electron chi connectivity index (χ2n) is 5.42. The molecule has 0 bridgehead atoms. The smallest absolute Gasteiger partial charge is 0.311 e. The van der Waals surface area contributed by atoms with E-state index in [2.05, 4.69) is 5.32 Å². The van der Waals surface area contributed by atoms with E-state index in [0.717, 1.165) is 5.56 Å². The van der Waals surface area contributed by atoms with Gasteiger partial charge in [-0.05, 0) is 19.4 Å². The molecule has 1 aliphatic rings. The number of nitrogens with zero attached hydrogens (tertiary/aromatic N) is 1. The maximum absolute atomic E-state index is 12.8. The predicted molar refractivity (Wildman–Crippen MR) is 68.9 cm³/mol. The quantitative estimate of drug-likeness (QED) is 0.890. The lowest BCUT2D eigenvalue weighted by Crippen LogP contribution is -2.62. The molecule has 106 valence electrons. The van der Waals surface area contributed by atoms with Gasteiger partial charge in [0.05, 0.1) is 12.1 Å². The number of nitrogens with one attached hydrogen (secondary N) is 1. The van der Waals surface area contributed by atoms with Crippen molar-refractivity contribution in [2.45, 2.75) is 31.6 Å². The molecule has 1 aromatic carbocycles. The van der Waals surface area contributed by atoms with Crippen molar-refractivity contribution < 1.29 is 13.2 Å². The molecule has 1 aromatic rings. The van der Waals surface area contributed by atoms with Gasteiger partial charge in [0.15, 0.2) is 0 Å². The minimum absolute atomic E-state index is 0.0686. The number of hydrogen-bond donors (Lipinski definition) is 1. The van der Waals surface area contributed by atoms with E-state index in [-0.39, 0.29) is 6.04 Å². The van der Waals surface area contributed by atoms with E-state index in [4.69, 9.17) is 0 Å². The van der Waals surface area contributed by atoms with Gasteiger partial charge in [0.25, 0.3) is 0 Å². The first-order valence-electron chi connectivity index (χ1n) is 6.42. The highest BCUT2D eigenvalue weighted by Crippen LogP contribution is 2.33. The third-order valence-electron chi connectivity index (χ3n) is 3.75. The van der Waals surface area contributed by atoms with Crippen molar-refractivity contribution in [3.8, 4) is 0 Å². The lowest BCUT2D eigenvalue weighted by Gasteiger charge is -2.48. The maximum Gasteiger partial charge on any atom is 0.401 e. The molecule has 1 fully saturated rings. The number of alkyl halides is 3. The van der Waals surface area contributed by atoms with Crippen LogP contribution in [0.15, 0.2) is 30.3 Å². The van der Waals surface area contributed by atoms with E-state index in [0.29, 0.717) is 13.1 Å². The molecule has 0 aliphatic carbocycles. The van der Waals surface area contributed by atoms with Crippen LogP contribution in [0.2, 0.25) is 0 Å². The number of rotatable bonds is 2. The summed E-state index contributed by atoms with van der Waals surface area (Å²) in [5, 5.41) is 3.28. The molecule has 0 aromatic heterocycles. The van der Waals surface area contributed by atoms with Crippen LogP contribution in [0.4, 0.5) is 13.2 Å². The topological polar surface area (TPSA) is 15.3 Å². The molecule has 1 aliphatic heterocycles. The summed E-state index contributed by atoms with van der Waals surface area (Å²) >= 11 is 0. The zero-order chi connectivity index (χ0) is 14.1. The summed E-state index contributed by atoms with van der Waals surface area (Å²) in [6, 6.07) is 9.45. The highest BCUT2D eigenvalue weighted by Gasteiger charge is 2.43. The summed E-state index contributed by atoms with van der Waals surface area (Å²) in [7, 11) is 0.